The van der Waals surface area contributed by atoms with Gasteiger partial charge in [0, 0.05) is 11.0 Å². The Morgan fingerprint density at radius 1 is 1.08 bits per heavy atom. The van der Waals surface area contributed by atoms with E-state index >= 15 is 0 Å². The van der Waals surface area contributed by atoms with Crippen LogP contribution in [0.2, 0.25) is 0 Å². The standard InChI is InChI=1S/C19H22BrN3O2/c1-14(19(25)21-12-15-8-4-3-5-9-15)23(2)13-18(24)22-17-11-7-6-10-16(17)20/h3-11,14H,12-13H2,1-2H3,(H,21,25)(H,22,24)/p+1/t14-/m1/s1. The second-order valence-corrected chi connectivity index (χ2v) is 6.83. The number of hydrogen-bond donors (Lipinski definition) is 3. The van der Waals surface area contributed by atoms with Crippen LogP contribution in [-0.4, -0.2) is 31.4 Å². The van der Waals surface area contributed by atoms with Crippen molar-refractivity contribution in [2.75, 3.05) is 18.9 Å². The van der Waals surface area contributed by atoms with Crippen LogP contribution in [0, 0.1) is 0 Å². The second-order valence-electron chi connectivity index (χ2n) is 5.98. The molecule has 0 aromatic heterocycles. The maximum atomic E-state index is 12.3. The molecule has 6 heteroatoms. The van der Waals surface area contributed by atoms with Gasteiger partial charge in [0.15, 0.2) is 12.6 Å². The molecule has 0 radical (unpaired) electrons. The number of rotatable bonds is 7. The summed E-state index contributed by atoms with van der Waals surface area (Å²) in [5.74, 6) is -0.206. The SMILES string of the molecule is C[C@H](C(=O)NCc1ccccc1)[NH+](C)CC(=O)Nc1ccccc1Br. The molecule has 25 heavy (non-hydrogen) atoms. The first-order chi connectivity index (χ1) is 12.0. The molecule has 2 aromatic carbocycles. The van der Waals surface area contributed by atoms with Crippen molar-refractivity contribution in [2.45, 2.75) is 19.5 Å². The van der Waals surface area contributed by atoms with Crippen LogP contribution in [0.5, 0.6) is 0 Å². The topological polar surface area (TPSA) is 62.6 Å². The number of carbonyl (C=O) groups is 2. The number of para-hydroxylation sites is 1. The summed E-state index contributed by atoms with van der Waals surface area (Å²) in [6, 6.07) is 16.9. The van der Waals surface area contributed by atoms with Crippen molar-refractivity contribution in [3.8, 4) is 0 Å². The number of benzene rings is 2. The number of quaternary nitrogens is 1. The third-order valence-electron chi connectivity index (χ3n) is 4.03. The van der Waals surface area contributed by atoms with Crippen LogP contribution in [-0.2, 0) is 16.1 Å². The lowest BCUT2D eigenvalue weighted by Crippen LogP contribution is -3.15. The fraction of sp³-hybridized carbons (Fsp3) is 0.263. The maximum Gasteiger partial charge on any atom is 0.279 e. The normalized spacial score (nSPS) is 12.9. The van der Waals surface area contributed by atoms with Crippen LogP contribution >= 0.6 is 15.9 Å². The Bertz CT molecular complexity index is 722. The van der Waals surface area contributed by atoms with Gasteiger partial charge in [0.25, 0.3) is 11.8 Å². The van der Waals surface area contributed by atoms with Crippen LogP contribution in [0.3, 0.4) is 0 Å². The number of anilines is 1. The molecule has 132 valence electrons. The molecule has 0 heterocycles. The number of carbonyl (C=O) groups excluding carboxylic acids is 2. The molecule has 2 atom stereocenters. The van der Waals surface area contributed by atoms with Crippen molar-refractivity contribution in [3.63, 3.8) is 0 Å². The molecule has 0 saturated carbocycles. The lowest BCUT2D eigenvalue weighted by atomic mass is 10.2. The van der Waals surface area contributed by atoms with Crippen molar-refractivity contribution in [1.29, 1.82) is 0 Å². The smallest absolute Gasteiger partial charge is 0.279 e. The van der Waals surface area contributed by atoms with Gasteiger partial charge in [0.2, 0.25) is 0 Å². The minimum Gasteiger partial charge on any atom is -0.347 e. The van der Waals surface area contributed by atoms with E-state index in [0.29, 0.717) is 6.54 Å². The average molecular weight is 405 g/mol. The average Bonchev–Trinajstić information content (AvgIpc) is 2.61. The summed E-state index contributed by atoms with van der Waals surface area (Å²) < 4.78 is 0.828. The van der Waals surface area contributed by atoms with E-state index < -0.39 is 0 Å². The van der Waals surface area contributed by atoms with E-state index in [-0.39, 0.29) is 24.4 Å². The van der Waals surface area contributed by atoms with Gasteiger partial charge in [-0.1, -0.05) is 42.5 Å². The molecular formula is C19H23BrN3O2+. The molecular weight excluding hydrogens is 382 g/mol. The highest BCUT2D eigenvalue weighted by Crippen LogP contribution is 2.20. The first-order valence-corrected chi connectivity index (χ1v) is 8.95. The Hall–Kier alpha value is -2.18. The minimum atomic E-state index is -0.325. The molecule has 0 aliphatic carbocycles. The molecule has 1 unspecified atom stereocenters. The molecule has 2 aromatic rings. The number of hydrogen-bond acceptors (Lipinski definition) is 2. The fourth-order valence-electron chi connectivity index (χ4n) is 2.33. The molecule has 0 aliphatic rings. The van der Waals surface area contributed by atoms with Gasteiger partial charge in [-0.25, -0.2) is 0 Å². The summed E-state index contributed by atoms with van der Waals surface area (Å²) in [5.41, 5.74) is 1.77. The van der Waals surface area contributed by atoms with Crippen molar-refractivity contribution >= 4 is 33.4 Å². The molecule has 0 saturated heterocycles. The van der Waals surface area contributed by atoms with E-state index in [0.717, 1.165) is 20.6 Å². The van der Waals surface area contributed by atoms with Crippen molar-refractivity contribution in [3.05, 3.63) is 64.6 Å². The predicted octanol–water partition coefficient (Wildman–Crippen LogP) is 1.61. The third-order valence-corrected chi connectivity index (χ3v) is 4.72. The highest BCUT2D eigenvalue weighted by Gasteiger charge is 2.23. The Morgan fingerprint density at radius 3 is 2.40 bits per heavy atom. The van der Waals surface area contributed by atoms with Gasteiger partial charge in [-0.2, -0.15) is 0 Å². The van der Waals surface area contributed by atoms with E-state index in [9.17, 15) is 9.59 Å². The number of nitrogens with one attached hydrogen (secondary N) is 3. The van der Waals surface area contributed by atoms with Gasteiger partial charge in [0.1, 0.15) is 0 Å². The Morgan fingerprint density at radius 2 is 1.72 bits per heavy atom. The molecule has 0 aliphatic heterocycles. The summed E-state index contributed by atoms with van der Waals surface area (Å²) >= 11 is 3.40. The van der Waals surface area contributed by atoms with E-state index in [1.165, 1.54) is 0 Å². The van der Waals surface area contributed by atoms with Gasteiger partial charge in [0.05, 0.1) is 12.7 Å². The number of halogens is 1. The van der Waals surface area contributed by atoms with Crippen LogP contribution in [0.25, 0.3) is 0 Å². The zero-order valence-electron chi connectivity index (χ0n) is 14.4. The van der Waals surface area contributed by atoms with Crippen LogP contribution < -0.4 is 15.5 Å². The molecule has 2 rings (SSSR count). The zero-order chi connectivity index (χ0) is 18.2. The molecule has 0 spiro atoms. The van der Waals surface area contributed by atoms with Gasteiger partial charge >= 0.3 is 0 Å². The van der Waals surface area contributed by atoms with Gasteiger partial charge in [-0.15, -0.1) is 0 Å². The Balaban J connectivity index is 1.82. The number of amides is 2. The van der Waals surface area contributed by atoms with Gasteiger partial charge in [-0.3, -0.25) is 9.59 Å². The zero-order valence-corrected chi connectivity index (χ0v) is 16.0. The van der Waals surface area contributed by atoms with Crippen molar-refractivity contribution < 1.29 is 14.5 Å². The second kappa shape index (κ2) is 9.34. The summed E-state index contributed by atoms with van der Waals surface area (Å²) in [6.45, 7) is 2.52. The Labute approximate surface area is 156 Å². The number of likely N-dealkylation sites (N-methyl/N-ethyl adjacent to an activating group) is 1. The first-order valence-electron chi connectivity index (χ1n) is 8.15. The van der Waals surface area contributed by atoms with Crippen LogP contribution in [0.15, 0.2) is 59.1 Å². The van der Waals surface area contributed by atoms with Crippen molar-refractivity contribution in [1.82, 2.24) is 5.32 Å². The molecule has 3 N–H and O–H groups in total. The summed E-state index contributed by atoms with van der Waals surface area (Å²) in [5, 5.41) is 5.77. The fourth-order valence-corrected chi connectivity index (χ4v) is 2.71. The lowest BCUT2D eigenvalue weighted by Gasteiger charge is -2.20. The minimum absolute atomic E-state index is 0.0740. The van der Waals surface area contributed by atoms with Crippen LogP contribution in [0.1, 0.15) is 12.5 Å². The van der Waals surface area contributed by atoms with E-state index in [1.54, 1.807) is 0 Å². The summed E-state index contributed by atoms with van der Waals surface area (Å²) in [4.78, 5) is 25.3. The quantitative estimate of drug-likeness (QED) is 0.656. The van der Waals surface area contributed by atoms with E-state index in [2.05, 4.69) is 26.6 Å². The first kappa shape index (κ1) is 19.1. The summed E-state index contributed by atoms with van der Waals surface area (Å²) in [6.07, 6.45) is 0. The van der Waals surface area contributed by atoms with E-state index in [4.69, 9.17) is 0 Å². The third kappa shape index (κ3) is 5.99. The molecule has 5 nitrogen and oxygen atoms in total. The molecule has 0 fully saturated rings. The largest absolute Gasteiger partial charge is 0.347 e. The van der Waals surface area contributed by atoms with Gasteiger partial charge < -0.3 is 15.5 Å². The predicted molar refractivity (Wildman–Crippen MR) is 102 cm³/mol. The highest BCUT2D eigenvalue weighted by atomic mass is 79.9. The van der Waals surface area contributed by atoms with Gasteiger partial charge in [-0.05, 0) is 40.5 Å². The van der Waals surface area contributed by atoms with Crippen LogP contribution in [0.4, 0.5) is 5.69 Å². The van der Waals surface area contributed by atoms with Crippen molar-refractivity contribution in [2.24, 2.45) is 0 Å². The summed E-state index contributed by atoms with van der Waals surface area (Å²) in [7, 11) is 1.84. The highest BCUT2D eigenvalue weighted by molar-refractivity contribution is 9.10. The Kier molecular flexibility index (Phi) is 7.16. The molecule has 0 bridgehead atoms. The van der Waals surface area contributed by atoms with E-state index in [1.807, 2.05) is 68.6 Å². The molecule has 2 amide bonds. The maximum absolute atomic E-state index is 12.3. The lowest BCUT2D eigenvalue weighted by molar-refractivity contribution is -0.885. The monoisotopic (exact) mass is 404 g/mol.